The van der Waals surface area contributed by atoms with E-state index < -0.39 is 6.29 Å². The number of aromatic nitrogens is 1. The molecule has 0 radical (unpaired) electrons. The van der Waals surface area contributed by atoms with E-state index in [1.54, 1.807) is 24.5 Å². The smallest absolute Gasteiger partial charge is 0.253 e. The maximum atomic E-state index is 12.7. The Morgan fingerprint density at radius 3 is 2.02 bits per heavy atom. The Hall–Kier alpha value is -5.44. The summed E-state index contributed by atoms with van der Waals surface area (Å²) in [7, 11) is 0. The number of carbonyl (C=O) groups excluding carboxylic acids is 1. The van der Waals surface area contributed by atoms with Crippen LogP contribution < -0.4 is 5.32 Å². The standard InChI is InChI=1S/C45H43N3O4/c49-32-35-17-19-37(20-18-35)43-26-41(31-48(29-33-10-3-1-4-11-33)30-34-12-5-2-6-13-34)51-45(52-43)38-23-21-36(22-24-38)42-16-8-7-14-39(42)28-47-44(50)40-15-9-25-46-27-40/h1-25,27,41,43,45,49H,26,28-32H2,(H,47,50)/t41-,43+,45+/m0/s1. The average molecular weight is 690 g/mol. The number of aliphatic hydroxyl groups is 1. The van der Waals surface area contributed by atoms with Gasteiger partial charge in [-0.3, -0.25) is 14.7 Å². The van der Waals surface area contributed by atoms with Gasteiger partial charge in [0.1, 0.15) is 0 Å². The monoisotopic (exact) mass is 689 g/mol. The highest BCUT2D eigenvalue weighted by molar-refractivity contribution is 5.93. The van der Waals surface area contributed by atoms with E-state index in [0.29, 0.717) is 18.5 Å². The lowest BCUT2D eigenvalue weighted by molar-refractivity contribution is -0.253. The lowest BCUT2D eigenvalue weighted by Gasteiger charge is -2.38. The van der Waals surface area contributed by atoms with Gasteiger partial charge in [-0.25, -0.2) is 0 Å². The molecule has 1 aromatic heterocycles. The lowest BCUT2D eigenvalue weighted by atomic mass is 9.97. The Labute approximate surface area is 305 Å². The van der Waals surface area contributed by atoms with Crippen LogP contribution in [0.25, 0.3) is 11.1 Å². The van der Waals surface area contributed by atoms with Crippen LogP contribution in [-0.4, -0.2) is 33.5 Å². The number of hydrogen-bond donors (Lipinski definition) is 2. The topological polar surface area (TPSA) is 83.9 Å². The normalized spacial score (nSPS) is 17.2. The van der Waals surface area contributed by atoms with Gasteiger partial charge in [0.25, 0.3) is 5.91 Å². The minimum atomic E-state index is -0.570. The Morgan fingerprint density at radius 1 is 0.712 bits per heavy atom. The molecule has 3 atom stereocenters. The number of aliphatic hydroxyl groups excluding tert-OH is 1. The summed E-state index contributed by atoms with van der Waals surface area (Å²) in [6.07, 6.45) is 3.07. The van der Waals surface area contributed by atoms with Gasteiger partial charge in [-0.2, -0.15) is 0 Å². The molecule has 262 valence electrons. The lowest BCUT2D eigenvalue weighted by Crippen LogP contribution is -2.39. The van der Waals surface area contributed by atoms with Gasteiger partial charge >= 0.3 is 0 Å². The number of pyridine rings is 1. The van der Waals surface area contributed by atoms with Gasteiger partial charge < -0.3 is 19.9 Å². The molecular formula is C45H43N3O4. The molecule has 1 fully saturated rings. The maximum Gasteiger partial charge on any atom is 0.253 e. The molecule has 7 heteroatoms. The molecule has 0 unspecified atom stereocenters. The van der Waals surface area contributed by atoms with Gasteiger partial charge in [0.15, 0.2) is 6.29 Å². The molecule has 0 saturated carbocycles. The molecule has 1 aliphatic heterocycles. The van der Waals surface area contributed by atoms with Crippen molar-refractivity contribution in [2.75, 3.05) is 6.54 Å². The Morgan fingerprint density at radius 2 is 1.37 bits per heavy atom. The first-order valence-corrected chi connectivity index (χ1v) is 17.8. The number of nitrogens with one attached hydrogen (secondary N) is 1. The number of hydrogen-bond acceptors (Lipinski definition) is 6. The molecule has 2 N–H and O–H groups in total. The second-order valence-corrected chi connectivity index (χ2v) is 13.2. The van der Waals surface area contributed by atoms with E-state index in [1.807, 2.05) is 30.3 Å². The van der Waals surface area contributed by atoms with Crippen LogP contribution in [0.1, 0.15) is 62.6 Å². The van der Waals surface area contributed by atoms with Gasteiger partial charge in [-0.05, 0) is 51.1 Å². The fraction of sp³-hybridized carbons (Fsp3) is 0.200. The quantitative estimate of drug-likeness (QED) is 0.127. The highest BCUT2D eigenvalue weighted by Crippen LogP contribution is 2.39. The predicted molar refractivity (Wildman–Crippen MR) is 203 cm³/mol. The highest BCUT2D eigenvalue weighted by Gasteiger charge is 2.33. The summed E-state index contributed by atoms with van der Waals surface area (Å²) in [5.41, 5.74) is 9.00. The fourth-order valence-corrected chi connectivity index (χ4v) is 6.74. The van der Waals surface area contributed by atoms with Crippen LogP contribution in [-0.2, 0) is 35.7 Å². The molecular weight excluding hydrogens is 647 g/mol. The number of carbonyl (C=O) groups is 1. The molecule has 52 heavy (non-hydrogen) atoms. The molecule has 2 heterocycles. The third-order valence-corrected chi connectivity index (χ3v) is 9.45. The third-order valence-electron chi connectivity index (χ3n) is 9.45. The van der Waals surface area contributed by atoms with Crippen LogP contribution in [0.3, 0.4) is 0 Å². The highest BCUT2D eigenvalue weighted by atomic mass is 16.7. The molecule has 0 aliphatic carbocycles. The third kappa shape index (κ3) is 9.07. The van der Waals surface area contributed by atoms with E-state index in [1.165, 1.54) is 11.1 Å². The molecule has 0 spiro atoms. The van der Waals surface area contributed by atoms with Crippen molar-refractivity contribution >= 4 is 5.91 Å². The van der Waals surface area contributed by atoms with Gasteiger partial charge in [0.05, 0.1) is 24.4 Å². The SMILES string of the molecule is O=C(NCc1ccccc1-c1ccc([C@@H]2O[C@H](CN(Cc3ccccc3)Cc3ccccc3)C[C@H](c3ccc(CO)cc3)O2)cc1)c1cccnc1. The van der Waals surface area contributed by atoms with Gasteiger partial charge in [0, 0.05) is 50.6 Å². The number of rotatable bonds is 13. The minimum absolute atomic E-state index is 0.000447. The summed E-state index contributed by atoms with van der Waals surface area (Å²) in [6, 6.07) is 49.1. The Kier molecular flexibility index (Phi) is 11.6. The number of nitrogens with zero attached hydrogens (tertiary/aromatic N) is 2. The average Bonchev–Trinajstić information content (AvgIpc) is 3.21. The van der Waals surface area contributed by atoms with Crippen LogP contribution in [0.4, 0.5) is 0 Å². The zero-order chi connectivity index (χ0) is 35.5. The number of amides is 1. The minimum Gasteiger partial charge on any atom is -0.392 e. The van der Waals surface area contributed by atoms with Gasteiger partial charge in [0.2, 0.25) is 0 Å². The van der Waals surface area contributed by atoms with E-state index in [9.17, 15) is 9.90 Å². The van der Waals surface area contributed by atoms with E-state index in [0.717, 1.165) is 53.0 Å². The van der Waals surface area contributed by atoms with Gasteiger partial charge in [-0.15, -0.1) is 0 Å². The molecule has 6 aromatic rings. The van der Waals surface area contributed by atoms with Crippen molar-refractivity contribution in [1.29, 1.82) is 0 Å². The zero-order valence-electron chi connectivity index (χ0n) is 29.1. The molecule has 5 aromatic carbocycles. The van der Waals surface area contributed by atoms with E-state index in [2.05, 4.69) is 118 Å². The molecule has 0 bridgehead atoms. The van der Waals surface area contributed by atoms with Crippen molar-refractivity contribution in [2.24, 2.45) is 0 Å². The summed E-state index contributed by atoms with van der Waals surface area (Å²) >= 11 is 0. The molecule has 1 amide bonds. The van der Waals surface area contributed by atoms with Crippen molar-refractivity contribution in [1.82, 2.24) is 15.2 Å². The zero-order valence-corrected chi connectivity index (χ0v) is 29.1. The summed E-state index contributed by atoms with van der Waals surface area (Å²) in [5.74, 6) is -0.161. The van der Waals surface area contributed by atoms with Crippen molar-refractivity contribution in [3.8, 4) is 11.1 Å². The van der Waals surface area contributed by atoms with Crippen LogP contribution in [0.2, 0.25) is 0 Å². The summed E-state index contributed by atoms with van der Waals surface area (Å²) in [5, 5.41) is 12.7. The summed E-state index contributed by atoms with van der Waals surface area (Å²) in [4.78, 5) is 19.2. The Balaban J connectivity index is 1.11. The molecule has 1 saturated heterocycles. The van der Waals surface area contributed by atoms with Crippen LogP contribution >= 0.6 is 0 Å². The van der Waals surface area contributed by atoms with Crippen molar-refractivity contribution in [3.05, 3.63) is 197 Å². The summed E-state index contributed by atoms with van der Waals surface area (Å²) < 4.78 is 13.5. The first-order valence-electron chi connectivity index (χ1n) is 17.8. The maximum absolute atomic E-state index is 12.7. The first-order chi connectivity index (χ1) is 25.6. The molecule has 7 rings (SSSR count). The number of ether oxygens (including phenoxy) is 2. The second-order valence-electron chi connectivity index (χ2n) is 13.2. The van der Waals surface area contributed by atoms with Crippen molar-refractivity contribution < 1.29 is 19.4 Å². The van der Waals surface area contributed by atoms with Crippen LogP contribution in [0.15, 0.2) is 158 Å². The van der Waals surface area contributed by atoms with Crippen LogP contribution in [0, 0.1) is 0 Å². The van der Waals surface area contributed by atoms with Crippen molar-refractivity contribution in [2.45, 2.75) is 51.2 Å². The van der Waals surface area contributed by atoms with Gasteiger partial charge in [-0.1, -0.05) is 133 Å². The Bertz CT molecular complexity index is 1960. The fourth-order valence-electron chi connectivity index (χ4n) is 6.74. The largest absolute Gasteiger partial charge is 0.392 e. The van der Waals surface area contributed by atoms with E-state index >= 15 is 0 Å². The predicted octanol–water partition coefficient (Wildman–Crippen LogP) is 8.42. The van der Waals surface area contributed by atoms with E-state index in [-0.39, 0.29) is 24.7 Å². The second kappa shape index (κ2) is 17.2. The van der Waals surface area contributed by atoms with Crippen molar-refractivity contribution in [3.63, 3.8) is 0 Å². The number of benzene rings is 5. The van der Waals surface area contributed by atoms with Crippen LogP contribution in [0.5, 0.6) is 0 Å². The first kappa shape index (κ1) is 35.0. The molecule has 7 nitrogen and oxygen atoms in total. The summed E-state index contributed by atoms with van der Waals surface area (Å²) in [6.45, 7) is 2.72. The van der Waals surface area contributed by atoms with E-state index in [4.69, 9.17) is 9.47 Å². The molecule has 1 aliphatic rings.